The second-order valence-electron chi connectivity index (χ2n) is 8.53. The molecule has 1 aliphatic heterocycles. The number of ether oxygens (including phenoxy) is 1. The van der Waals surface area contributed by atoms with Gasteiger partial charge in [-0.25, -0.2) is 0 Å². The quantitative estimate of drug-likeness (QED) is 0.638. The van der Waals surface area contributed by atoms with E-state index in [0.29, 0.717) is 12.1 Å². The number of carbonyl (C=O) groups excluding carboxylic acids is 3. The Kier molecular flexibility index (Phi) is 8.09. The lowest BCUT2D eigenvalue weighted by Crippen LogP contribution is -2.44. The Hall–Kier alpha value is -3.09. The first-order valence-electron chi connectivity index (χ1n) is 11.3. The number of aromatic nitrogens is 1. The summed E-state index contributed by atoms with van der Waals surface area (Å²) in [4.78, 5) is 39.0. The summed E-state index contributed by atoms with van der Waals surface area (Å²) in [6.45, 7) is 4.40. The molecule has 2 unspecified atom stereocenters. The van der Waals surface area contributed by atoms with Crippen molar-refractivity contribution in [3.63, 3.8) is 0 Å². The van der Waals surface area contributed by atoms with Gasteiger partial charge in [0, 0.05) is 39.2 Å². The van der Waals surface area contributed by atoms with Crippen molar-refractivity contribution in [2.75, 3.05) is 13.2 Å². The predicted octanol–water partition coefficient (Wildman–Crippen LogP) is 3.53. The largest absolute Gasteiger partial charge is 0.466 e. The van der Waals surface area contributed by atoms with Crippen molar-refractivity contribution in [2.24, 2.45) is 7.05 Å². The van der Waals surface area contributed by atoms with Crippen LogP contribution in [0.3, 0.4) is 0 Å². The van der Waals surface area contributed by atoms with Gasteiger partial charge in [-0.05, 0) is 43.9 Å². The van der Waals surface area contributed by atoms with Gasteiger partial charge in [-0.3, -0.25) is 14.4 Å². The van der Waals surface area contributed by atoms with Gasteiger partial charge in [0.1, 0.15) is 5.69 Å². The molecule has 1 fully saturated rings. The molecule has 2 atom stereocenters. The Morgan fingerprint density at radius 2 is 1.91 bits per heavy atom. The van der Waals surface area contributed by atoms with E-state index in [1.807, 2.05) is 66.0 Å². The van der Waals surface area contributed by atoms with Crippen LogP contribution in [0.1, 0.15) is 66.7 Å². The van der Waals surface area contributed by atoms with E-state index in [0.717, 1.165) is 36.9 Å². The predicted molar refractivity (Wildman–Crippen MR) is 122 cm³/mol. The van der Waals surface area contributed by atoms with E-state index in [2.05, 4.69) is 5.32 Å². The number of piperidine rings is 1. The summed E-state index contributed by atoms with van der Waals surface area (Å²) in [6, 6.07) is 11.1. The van der Waals surface area contributed by atoms with E-state index in [1.165, 1.54) is 6.92 Å². The Labute approximate surface area is 189 Å². The first-order valence-corrected chi connectivity index (χ1v) is 11.3. The third-order valence-electron chi connectivity index (χ3n) is 5.99. The van der Waals surface area contributed by atoms with Gasteiger partial charge in [0.2, 0.25) is 5.91 Å². The zero-order valence-electron chi connectivity index (χ0n) is 19.2. The Morgan fingerprint density at radius 1 is 1.16 bits per heavy atom. The summed E-state index contributed by atoms with van der Waals surface area (Å²) in [6.07, 6.45) is 5.50. The lowest BCUT2D eigenvalue weighted by Gasteiger charge is -2.35. The Bertz CT molecular complexity index is 935. The first-order chi connectivity index (χ1) is 15.3. The normalized spacial score (nSPS) is 17.0. The van der Waals surface area contributed by atoms with Crippen LogP contribution in [0.15, 0.2) is 42.6 Å². The van der Waals surface area contributed by atoms with Crippen LogP contribution in [-0.2, 0) is 21.4 Å². The standard InChI is InChI=1S/C25H33N3O4/c1-18-9-11-20(12-10-18)22(26-19(2)29)17-24(30)32-16-13-21-7-4-5-15-28(21)25(31)23-8-6-14-27(23)3/h6,8-12,14,21-22H,4-5,7,13,15-17H2,1-3H3,(H,26,29). The van der Waals surface area contributed by atoms with E-state index in [4.69, 9.17) is 4.74 Å². The molecule has 0 bridgehead atoms. The highest BCUT2D eigenvalue weighted by molar-refractivity contribution is 5.93. The first kappa shape index (κ1) is 23.6. The van der Waals surface area contributed by atoms with Crippen molar-refractivity contribution in [3.8, 4) is 0 Å². The number of hydrogen-bond acceptors (Lipinski definition) is 4. The molecule has 1 aromatic carbocycles. The number of nitrogens with zero attached hydrogens (tertiary/aromatic N) is 2. The van der Waals surface area contributed by atoms with Crippen LogP contribution in [0.2, 0.25) is 0 Å². The summed E-state index contributed by atoms with van der Waals surface area (Å²) in [5, 5.41) is 2.83. The van der Waals surface area contributed by atoms with Crippen LogP contribution in [-0.4, -0.2) is 46.4 Å². The van der Waals surface area contributed by atoms with Crippen LogP contribution in [0.25, 0.3) is 0 Å². The average molecular weight is 440 g/mol. The molecular weight excluding hydrogens is 406 g/mol. The fourth-order valence-electron chi connectivity index (χ4n) is 4.23. The van der Waals surface area contributed by atoms with E-state index >= 15 is 0 Å². The van der Waals surface area contributed by atoms with Crippen LogP contribution >= 0.6 is 0 Å². The smallest absolute Gasteiger partial charge is 0.308 e. The zero-order valence-corrected chi connectivity index (χ0v) is 19.2. The molecule has 2 heterocycles. The maximum atomic E-state index is 13.0. The number of rotatable bonds is 8. The highest BCUT2D eigenvalue weighted by Crippen LogP contribution is 2.23. The lowest BCUT2D eigenvalue weighted by atomic mass is 9.99. The van der Waals surface area contributed by atoms with Gasteiger partial charge in [0.25, 0.3) is 5.91 Å². The number of aryl methyl sites for hydroxylation is 2. The number of hydrogen-bond donors (Lipinski definition) is 1. The van der Waals surface area contributed by atoms with Gasteiger partial charge in [0.05, 0.1) is 19.1 Å². The van der Waals surface area contributed by atoms with Crippen molar-refractivity contribution in [2.45, 2.75) is 58.0 Å². The number of benzene rings is 1. The van der Waals surface area contributed by atoms with Crippen molar-refractivity contribution >= 4 is 17.8 Å². The molecule has 2 aromatic rings. The molecule has 3 rings (SSSR count). The van der Waals surface area contributed by atoms with E-state index < -0.39 is 6.04 Å². The van der Waals surface area contributed by atoms with Gasteiger partial charge >= 0.3 is 5.97 Å². The van der Waals surface area contributed by atoms with Crippen molar-refractivity contribution in [1.29, 1.82) is 0 Å². The molecule has 172 valence electrons. The fraction of sp³-hybridized carbons (Fsp3) is 0.480. The average Bonchev–Trinajstić information content (AvgIpc) is 3.19. The SMILES string of the molecule is CC(=O)NC(CC(=O)OCCC1CCCCN1C(=O)c1cccn1C)c1ccc(C)cc1. The van der Waals surface area contributed by atoms with Gasteiger partial charge in [-0.15, -0.1) is 0 Å². The second-order valence-corrected chi connectivity index (χ2v) is 8.53. The maximum absolute atomic E-state index is 13.0. The summed E-state index contributed by atoms with van der Waals surface area (Å²) < 4.78 is 7.35. The van der Waals surface area contributed by atoms with Gasteiger partial charge < -0.3 is 19.5 Å². The molecule has 0 radical (unpaired) electrons. The summed E-state index contributed by atoms with van der Waals surface area (Å²) >= 11 is 0. The Morgan fingerprint density at radius 3 is 2.56 bits per heavy atom. The minimum atomic E-state index is -0.425. The molecule has 2 amide bonds. The minimum absolute atomic E-state index is 0.0265. The summed E-state index contributed by atoms with van der Waals surface area (Å²) in [5.74, 6) is -0.528. The second kappa shape index (κ2) is 11.0. The highest BCUT2D eigenvalue weighted by Gasteiger charge is 2.28. The van der Waals surface area contributed by atoms with Crippen LogP contribution in [0, 0.1) is 6.92 Å². The third kappa shape index (κ3) is 6.22. The molecule has 0 aliphatic carbocycles. The number of carbonyl (C=O) groups is 3. The van der Waals surface area contributed by atoms with Crippen LogP contribution in [0.4, 0.5) is 0 Å². The number of nitrogens with one attached hydrogen (secondary N) is 1. The lowest BCUT2D eigenvalue weighted by molar-refractivity contribution is -0.144. The fourth-order valence-corrected chi connectivity index (χ4v) is 4.23. The zero-order chi connectivity index (χ0) is 23.1. The van der Waals surface area contributed by atoms with Gasteiger partial charge in [-0.1, -0.05) is 29.8 Å². The molecule has 7 nitrogen and oxygen atoms in total. The molecular formula is C25H33N3O4. The highest BCUT2D eigenvalue weighted by atomic mass is 16.5. The minimum Gasteiger partial charge on any atom is -0.466 e. The number of likely N-dealkylation sites (tertiary alicyclic amines) is 1. The van der Waals surface area contributed by atoms with Crippen LogP contribution in [0.5, 0.6) is 0 Å². The van der Waals surface area contributed by atoms with Crippen LogP contribution < -0.4 is 5.32 Å². The third-order valence-corrected chi connectivity index (χ3v) is 5.99. The number of amides is 2. The maximum Gasteiger partial charge on any atom is 0.308 e. The summed E-state index contributed by atoms with van der Waals surface area (Å²) in [5.41, 5.74) is 2.65. The molecule has 1 N–H and O–H groups in total. The van der Waals surface area contributed by atoms with Crippen molar-refractivity contribution in [1.82, 2.24) is 14.8 Å². The molecule has 7 heteroatoms. The van der Waals surface area contributed by atoms with E-state index in [9.17, 15) is 14.4 Å². The van der Waals surface area contributed by atoms with Gasteiger partial charge in [-0.2, -0.15) is 0 Å². The van der Waals surface area contributed by atoms with E-state index in [1.54, 1.807) is 0 Å². The van der Waals surface area contributed by atoms with Crippen molar-refractivity contribution in [3.05, 3.63) is 59.4 Å². The molecule has 0 spiro atoms. The van der Waals surface area contributed by atoms with E-state index in [-0.39, 0.29) is 36.9 Å². The van der Waals surface area contributed by atoms with Crippen molar-refractivity contribution < 1.29 is 19.1 Å². The Balaban J connectivity index is 1.54. The van der Waals surface area contributed by atoms with Gasteiger partial charge in [0.15, 0.2) is 0 Å². The molecule has 0 saturated carbocycles. The molecule has 32 heavy (non-hydrogen) atoms. The molecule has 1 aromatic heterocycles. The summed E-state index contributed by atoms with van der Waals surface area (Å²) in [7, 11) is 1.87. The molecule has 1 aliphatic rings. The molecule has 1 saturated heterocycles. The topological polar surface area (TPSA) is 80.6 Å². The number of esters is 1. The monoisotopic (exact) mass is 439 g/mol.